The third kappa shape index (κ3) is 5.51. The van der Waals surface area contributed by atoms with Crippen LogP contribution in [0, 0.1) is 13.8 Å². The molecule has 0 atom stereocenters. The van der Waals surface area contributed by atoms with Crippen molar-refractivity contribution >= 4 is 5.91 Å². The molecule has 26 heavy (non-hydrogen) atoms. The number of benzene rings is 2. The molecule has 140 valence electrons. The molecule has 0 saturated carbocycles. The minimum absolute atomic E-state index is 0.0612. The first-order valence-corrected chi connectivity index (χ1v) is 9.29. The van der Waals surface area contributed by atoms with Crippen molar-refractivity contribution in [3.05, 3.63) is 58.7 Å². The first-order valence-electron chi connectivity index (χ1n) is 9.29. The summed E-state index contributed by atoms with van der Waals surface area (Å²) in [7, 11) is 0. The number of rotatable bonds is 9. The Balaban J connectivity index is 2.13. The predicted octanol–water partition coefficient (Wildman–Crippen LogP) is 4.81. The van der Waals surface area contributed by atoms with Crippen LogP contribution in [-0.4, -0.2) is 19.1 Å². The molecule has 0 fully saturated rings. The molecule has 0 aliphatic rings. The molecule has 1 amide bonds. The lowest BCUT2D eigenvalue weighted by molar-refractivity contribution is 0.0953. The number of amides is 1. The highest BCUT2D eigenvalue weighted by molar-refractivity contribution is 5.94. The van der Waals surface area contributed by atoms with Crippen LogP contribution in [-0.2, 0) is 6.61 Å². The van der Waals surface area contributed by atoms with Crippen LogP contribution in [0.25, 0.3) is 0 Å². The Kier molecular flexibility index (Phi) is 7.52. The molecule has 2 aromatic carbocycles. The van der Waals surface area contributed by atoms with E-state index in [9.17, 15) is 4.79 Å². The molecule has 2 rings (SSSR count). The Morgan fingerprint density at radius 1 is 1.00 bits per heavy atom. The zero-order valence-electron chi connectivity index (χ0n) is 16.2. The number of nitrogens with one attached hydrogen (secondary N) is 1. The molecule has 0 spiro atoms. The number of hydrogen-bond donors (Lipinski definition) is 1. The smallest absolute Gasteiger partial charge is 0.251 e. The van der Waals surface area contributed by atoms with Gasteiger partial charge in [-0.2, -0.15) is 0 Å². The van der Waals surface area contributed by atoms with Gasteiger partial charge in [0.1, 0.15) is 18.1 Å². The average Bonchev–Trinajstić information content (AvgIpc) is 2.64. The molecule has 0 heterocycles. The van der Waals surface area contributed by atoms with Crippen molar-refractivity contribution in [2.75, 3.05) is 13.2 Å². The van der Waals surface area contributed by atoms with Crippen molar-refractivity contribution < 1.29 is 14.3 Å². The monoisotopic (exact) mass is 355 g/mol. The first kappa shape index (κ1) is 19.8. The average molecular weight is 355 g/mol. The molecule has 0 unspecified atom stereocenters. The van der Waals surface area contributed by atoms with E-state index in [-0.39, 0.29) is 5.91 Å². The molecule has 4 nitrogen and oxygen atoms in total. The molecule has 4 heteroatoms. The molecule has 0 radical (unpaired) electrons. The SMILES string of the molecule is CCCCNC(=O)c1ccc(OCC)c(COc2ccc(C)c(C)c2)c1. The molecule has 0 aliphatic carbocycles. The maximum atomic E-state index is 12.3. The number of carbonyl (C=O) groups excluding carboxylic acids is 1. The number of carbonyl (C=O) groups is 1. The maximum absolute atomic E-state index is 12.3. The Hall–Kier alpha value is -2.49. The lowest BCUT2D eigenvalue weighted by Gasteiger charge is -2.14. The third-order valence-corrected chi connectivity index (χ3v) is 4.31. The summed E-state index contributed by atoms with van der Waals surface area (Å²) >= 11 is 0. The van der Waals surface area contributed by atoms with E-state index in [4.69, 9.17) is 9.47 Å². The molecular weight excluding hydrogens is 326 g/mol. The first-order chi connectivity index (χ1) is 12.5. The van der Waals surface area contributed by atoms with Gasteiger partial charge >= 0.3 is 0 Å². The third-order valence-electron chi connectivity index (χ3n) is 4.31. The van der Waals surface area contributed by atoms with Crippen molar-refractivity contribution in [2.24, 2.45) is 0 Å². The van der Waals surface area contributed by atoms with Crippen molar-refractivity contribution in [3.8, 4) is 11.5 Å². The van der Waals surface area contributed by atoms with Crippen LogP contribution >= 0.6 is 0 Å². The van der Waals surface area contributed by atoms with Crippen LogP contribution in [0.3, 0.4) is 0 Å². The second kappa shape index (κ2) is 9.85. The lowest BCUT2D eigenvalue weighted by atomic mass is 10.1. The van der Waals surface area contributed by atoms with Crippen LogP contribution in [0.4, 0.5) is 0 Å². The zero-order valence-corrected chi connectivity index (χ0v) is 16.2. The van der Waals surface area contributed by atoms with Crippen molar-refractivity contribution in [1.82, 2.24) is 5.32 Å². The summed E-state index contributed by atoms with van der Waals surface area (Å²) in [6.45, 7) is 9.80. The summed E-state index contributed by atoms with van der Waals surface area (Å²) in [5, 5.41) is 2.95. The molecular formula is C22H29NO3. The van der Waals surface area contributed by atoms with Gasteiger partial charge in [-0.3, -0.25) is 4.79 Å². The van der Waals surface area contributed by atoms with E-state index in [2.05, 4.69) is 26.1 Å². The Morgan fingerprint density at radius 2 is 1.81 bits per heavy atom. The fraction of sp³-hybridized carbons (Fsp3) is 0.409. The van der Waals surface area contributed by atoms with Gasteiger partial charge in [0.05, 0.1) is 6.61 Å². The molecule has 1 N–H and O–H groups in total. The van der Waals surface area contributed by atoms with E-state index >= 15 is 0 Å². The standard InChI is InChI=1S/C22H29NO3/c1-5-7-12-23-22(24)18-9-11-21(25-6-2)19(14-18)15-26-20-10-8-16(3)17(4)13-20/h8-11,13-14H,5-7,12,15H2,1-4H3,(H,23,24). The van der Waals surface area contributed by atoms with Gasteiger partial charge < -0.3 is 14.8 Å². The van der Waals surface area contributed by atoms with E-state index in [0.29, 0.717) is 25.3 Å². The lowest BCUT2D eigenvalue weighted by Crippen LogP contribution is -2.24. The van der Waals surface area contributed by atoms with Crippen LogP contribution in [0.1, 0.15) is 53.7 Å². The summed E-state index contributed by atoms with van der Waals surface area (Å²) < 4.78 is 11.6. The van der Waals surface area contributed by atoms with E-state index in [1.807, 2.05) is 37.3 Å². The molecule has 0 aromatic heterocycles. The summed E-state index contributed by atoms with van der Waals surface area (Å²) in [6, 6.07) is 11.5. The van der Waals surface area contributed by atoms with Gasteiger partial charge in [-0.25, -0.2) is 0 Å². The predicted molar refractivity (Wildman–Crippen MR) is 105 cm³/mol. The quantitative estimate of drug-likeness (QED) is 0.657. The molecule has 0 bridgehead atoms. The number of hydrogen-bond acceptors (Lipinski definition) is 3. The summed E-state index contributed by atoms with van der Waals surface area (Å²) in [5.41, 5.74) is 3.92. The van der Waals surface area contributed by atoms with Gasteiger partial charge in [0.15, 0.2) is 0 Å². The molecule has 0 saturated heterocycles. The van der Waals surface area contributed by atoms with Crippen LogP contribution < -0.4 is 14.8 Å². The van der Waals surface area contributed by atoms with Gasteiger partial charge in [-0.05, 0) is 68.7 Å². The van der Waals surface area contributed by atoms with Crippen LogP contribution in [0.2, 0.25) is 0 Å². The van der Waals surface area contributed by atoms with Gasteiger partial charge in [0.2, 0.25) is 0 Å². The maximum Gasteiger partial charge on any atom is 0.251 e. The highest BCUT2D eigenvalue weighted by atomic mass is 16.5. The molecule has 0 aliphatic heterocycles. The van der Waals surface area contributed by atoms with Crippen molar-refractivity contribution in [3.63, 3.8) is 0 Å². The Morgan fingerprint density at radius 3 is 2.50 bits per heavy atom. The summed E-state index contributed by atoms with van der Waals surface area (Å²) in [4.78, 5) is 12.3. The number of unbranched alkanes of at least 4 members (excludes halogenated alkanes) is 1. The van der Waals surface area contributed by atoms with Gasteiger partial charge in [-0.1, -0.05) is 19.4 Å². The Bertz CT molecular complexity index is 740. The largest absolute Gasteiger partial charge is 0.493 e. The fourth-order valence-electron chi connectivity index (χ4n) is 2.58. The second-order valence-corrected chi connectivity index (χ2v) is 6.40. The van der Waals surface area contributed by atoms with Gasteiger partial charge in [-0.15, -0.1) is 0 Å². The van der Waals surface area contributed by atoms with Crippen LogP contribution in [0.5, 0.6) is 11.5 Å². The minimum Gasteiger partial charge on any atom is -0.493 e. The van der Waals surface area contributed by atoms with Gasteiger partial charge in [0.25, 0.3) is 5.91 Å². The van der Waals surface area contributed by atoms with Gasteiger partial charge in [0, 0.05) is 17.7 Å². The number of ether oxygens (including phenoxy) is 2. The Labute approximate surface area is 156 Å². The second-order valence-electron chi connectivity index (χ2n) is 6.40. The van der Waals surface area contributed by atoms with E-state index in [1.54, 1.807) is 6.07 Å². The summed E-state index contributed by atoms with van der Waals surface area (Å²) in [5.74, 6) is 1.50. The normalized spacial score (nSPS) is 10.5. The highest BCUT2D eigenvalue weighted by Gasteiger charge is 2.11. The van der Waals surface area contributed by atoms with E-state index in [0.717, 1.165) is 29.9 Å². The minimum atomic E-state index is -0.0612. The number of aryl methyl sites for hydroxylation is 2. The fourth-order valence-corrected chi connectivity index (χ4v) is 2.58. The zero-order chi connectivity index (χ0) is 18.9. The van der Waals surface area contributed by atoms with Crippen LogP contribution in [0.15, 0.2) is 36.4 Å². The van der Waals surface area contributed by atoms with E-state index < -0.39 is 0 Å². The molecule has 2 aromatic rings. The van der Waals surface area contributed by atoms with Crippen molar-refractivity contribution in [1.29, 1.82) is 0 Å². The highest BCUT2D eigenvalue weighted by Crippen LogP contribution is 2.24. The topological polar surface area (TPSA) is 47.6 Å². The summed E-state index contributed by atoms with van der Waals surface area (Å²) in [6.07, 6.45) is 2.03. The van der Waals surface area contributed by atoms with E-state index in [1.165, 1.54) is 11.1 Å². The van der Waals surface area contributed by atoms with Crippen molar-refractivity contribution in [2.45, 2.75) is 47.1 Å².